The Balaban J connectivity index is 2.68. The Hall–Kier alpha value is -2.26. The number of nitriles is 1. The zero-order chi connectivity index (χ0) is 13.8. The first kappa shape index (κ1) is 13.2. The SMILES string of the molecule is COc1cc(-c2ccccn2)nc(C#N)c1[S@](C)=O. The van der Waals surface area contributed by atoms with Crippen molar-refractivity contribution in [1.82, 2.24) is 9.97 Å². The minimum Gasteiger partial charge on any atom is -0.495 e. The Bertz CT molecular complexity index is 666. The van der Waals surface area contributed by atoms with Gasteiger partial charge in [-0.15, -0.1) is 0 Å². The number of pyridine rings is 2. The molecule has 2 aromatic heterocycles. The Morgan fingerprint density at radius 2 is 2.16 bits per heavy atom. The third-order valence-corrected chi connectivity index (χ3v) is 3.45. The van der Waals surface area contributed by atoms with Gasteiger partial charge in [0.25, 0.3) is 0 Å². The van der Waals surface area contributed by atoms with Crippen molar-refractivity contribution in [3.63, 3.8) is 0 Å². The maximum Gasteiger partial charge on any atom is 0.161 e. The molecular weight excluding hydrogens is 262 g/mol. The number of methoxy groups -OCH3 is 1. The molecule has 0 fully saturated rings. The van der Waals surface area contributed by atoms with E-state index in [-0.39, 0.29) is 5.69 Å². The molecule has 0 aliphatic rings. The quantitative estimate of drug-likeness (QED) is 0.851. The first-order valence-corrected chi connectivity index (χ1v) is 6.97. The highest BCUT2D eigenvalue weighted by Crippen LogP contribution is 2.28. The van der Waals surface area contributed by atoms with Crippen molar-refractivity contribution in [2.45, 2.75) is 4.90 Å². The summed E-state index contributed by atoms with van der Waals surface area (Å²) >= 11 is 0. The summed E-state index contributed by atoms with van der Waals surface area (Å²) in [5.41, 5.74) is 1.25. The second kappa shape index (κ2) is 5.59. The molecular formula is C13H11N3O2S. The van der Waals surface area contributed by atoms with Crippen molar-refractivity contribution >= 4 is 10.8 Å². The van der Waals surface area contributed by atoms with E-state index in [0.29, 0.717) is 22.0 Å². The van der Waals surface area contributed by atoms with Gasteiger partial charge in [-0.2, -0.15) is 5.26 Å². The lowest BCUT2D eigenvalue weighted by Gasteiger charge is -2.09. The number of rotatable bonds is 3. The molecule has 1 atom stereocenters. The van der Waals surface area contributed by atoms with Gasteiger partial charge in [-0.05, 0) is 12.1 Å². The van der Waals surface area contributed by atoms with Crippen LogP contribution in [-0.2, 0) is 10.8 Å². The van der Waals surface area contributed by atoms with Crippen molar-refractivity contribution in [2.75, 3.05) is 13.4 Å². The van der Waals surface area contributed by atoms with E-state index in [4.69, 9.17) is 10.00 Å². The third kappa shape index (κ3) is 2.61. The van der Waals surface area contributed by atoms with E-state index in [1.165, 1.54) is 13.4 Å². The molecule has 0 aliphatic heterocycles. The van der Waals surface area contributed by atoms with E-state index in [1.54, 1.807) is 24.4 Å². The number of aromatic nitrogens is 2. The van der Waals surface area contributed by atoms with Crippen molar-refractivity contribution in [3.8, 4) is 23.2 Å². The normalized spacial score (nSPS) is 11.6. The van der Waals surface area contributed by atoms with Gasteiger partial charge in [-0.3, -0.25) is 9.19 Å². The fraction of sp³-hybridized carbons (Fsp3) is 0.154. The first-order chi connectivity index (χ1) is 9.17. The lowest BCUT2D eigenvalue weighted by Crippen LogP contribution is -2.02. The van der Waals surface area contributed by atoms with Crippen molar-refractivity contribution in [2.24, 2.45) is 0 Å². The Labute approximate surface area is 113 Å². The van der Waals surface area contributed by atoms with Crippen LogP contribution in [0.2, 0.25) is 0 Å². The fourth-order valence-electron chi connectivity index (χ4n) is 1.66. The zero-order valence-corrected chi connectivity index (χ0v) is 11.3. The largest absolute Gasteiger partial charge is 0.495 e. The molecule has 5 nitrogen and oxygen atoms in total. The van der Waals surface area contributed by atoms with Gasteiger partial charge in [0.05, 0.1) is 29.3 Å². The van der Waals surface area contributed by atoms with Crippen LogP contribution < -0.4 is 4.74 Å². The molecule has 0 saturated heterocycles. The van der Waals surface area contributed by atoms with Gasteiger partial charge >= 0.3 is 0 Å². The van der Waals surface area contributed by atoms with Crippen LogP contribution in [0.5, 0.6) is 5.75 Å². The maximum absolute atomic E-state index is 11.7. The Kier molecular flexibility index (Phi) is 3.88. The predicted octanol–water partition coefficient (Wildman–Crippen LogP) is 1.76. The molecule has 19 heavy (non-hydrogen) atoms. The number of nitrogens with zero attached hydrogens (tertiary/aromatic N) is 3. The van der Waals surface area contributed by atoms with Crippen LogP contribution in [0.25, 0.3) is 11.4 Å². The molecule has 0 bridgehead atoms. The number of hydrogen-bond donors (Lipinski definition) is 0. The highest BCUT2D eigenvalue weighted by Gasteiger charge is 2.17. The van der Waals surface area contributed by atoms with Gasteiger partial charge in [-0.1, -0.05) is 6.07 Å². The summed E-state index contributed by atoms with van der Waals surface area (Å²) in [4.78, 5) is 8.68. The van der Waals surface area contributed by atoms with Crippen LogP contribution in [0, 0.1) is 11.3 Å². The van der Waals surface area contributed by atoms with Crippen molar-refractivity contribution < 1.29 is 8.95 Å². The van der Waals surface area contributed by atoms with E-state index in [1.807, 2.05) is 12.1 Å². The van der Waals surface area contributed by atoms with Gasteiger partial charge in [-0.25, -0.2) is 4.98 Å². The predicted molar refractivity (Wildman–Crippen MR) is 71.1 cm³/mol. The lowest BCUT2D eigenvalue weighted by atomic mass is 10.2. The Morgan fingerprint density at radius 1 is 1.37 bits per heavy atom. The summed E-state index contributed by atoms with van der Waals surface area (Å²) < 4.78 is 16.9. The van der Waals surface area contributed by atoms with E-state index < -0.39 is 10.8 Å². The monoisotopic (exact) mass is 273 g/mol. The summed E-state index contributed by atoms with van der Waals surface area (Å²) in [5.74, 6) is 0.382. The zero-order valence-electron chi connectivity index (χ0n) is 10.5. The van der Waals surface area contributed by atoms with Gasteiger partial charge in [0.1, 0.15) is 16.7 Å². The summed E-state index contributed by atoms with van der Waals surface area (Å²) in [6.07, 6.45) is 3.13. The van der Waals surface area contributed by atoms with Crippen LogP contribution >= 0.6 is 0 Å². The molecule has 6 heteroatoms. The number of hydrogen-bond acceptors (Lipinski definition) is 5. The molecule has 0 N–H and O–H groups in total. The summed E-state index contributed by atoms with van der Waals surface area (Å²) in [5, 5.41) is 9.14. The second-order valence-corrected chi connectivity index (χ2v) is 4.98. The fourth-order valence-corrected chi connectivity index (χ4v) is 2.45. The smallest absolute Gasteiger partial charge is 0.161 e. The van der Waals surface area contributed by atoms with Crippen LogP contribution in [0.1, 0.15) is 5.69 Å². The van der Waals surface area contributed by atoms with Crippen LogP contribution in [-0.4, -0.2) is 27.5 Å². The highest BCUT2D eigenvalue weighted by molar-refractivity contribution is 7.84. The molecule has 0 unspecified atom stereocenters. The molecule has 0 radical (unpaired) electrons. The lowest BCUT2D eigenvalue weighted by molar-refractivity contribution is 0.403. The minimum atomic E-state index is -1.35. The maximum atomic E-state index is 11.7. The molecule has 0 aliphatic carbocycles. The molecule has 2 aromatic rings. The summed E-state index contributed by atoms with van der Waals surface area (Å²) in [7, 11) is 0.120. The third-order valence-electron chi connectivity index (χ3n) is 2.48. The van der Waals surface area contributed by atoms with E-state index in [0.717, 1.165) is 0 Å². The summed E-state index contributed by atoms with van der Waals surface area (Å²) in [6, 6.07) is 8.99. The first-order valence-electron chi connectivity index (χ1n) is 5.41. The van der Waals surface area contributed by atoms with Gasteiger partial charge in [0.15, 0.2) is 5.69 Å². The Morgan fingerprint density at radius 3 is 2.68 bits per heavy atom. The van der Waals surface area contributed by atoms with Crippen molar-refractivity contribution in [1.29, 1.82) is 5.26 Å². The topological polar surface area (TPSA) is 75.9 Å². The molecule has 0 spiro atoms. The molecule has 0 saturated carbocycles. The van der Waals surface area contributed by atoms with Gasteiger partial charge in [0.2, 0.25) is 0 Å². The van der Waals surface area contributed by atoms with Gasteiger partial charge < -0.3 is 4.74 Å². The standard InChI is InChI=1S/C13H11N3O2S/c1-18-12-7-10(9-5-3-4-6-15-9)16-11(8-14)13(12)19(2)17/h3-7H,1-2H3/t19-/m0/s1. The average Bonchev–Trinajstić information content (AvgIpc) is 2.46. The van der Waals surface area contributed by atoms with E-state index >= 15 is 0 Å². The molecule has 96 valence electrons. The molecule has 0 aromatic carbocycles. The molecule has 2 rings (SSSR count). The molecule has 0 amide bonds. The number of ether oxygens (including phenoxy) is 1. The summed E-state index contributed by atoms with van der Waals surface area (Å²) in [6.45, 7) is 0. The van der Waals surface area contributed by atoms with E-state index in [2.05, 4.69) is 9.97 Å². The van der Waals surface area contributed by atoms with Crippen LogP contribution in [0.4, 0.5) is 0 Å². The van der Waals surface area contributed by atoms with E-state index in [9.17, 15) is 4.21 Å². The minimum absolute atomic E-state index is 0.0980. The van der Waals surface area contributed by atoms with Crippen LogP contribution in [0.15, 0.2) is 35.4 Å². The van der Waals surface area contributed by atoms with Crippen molar-refractivity contribution in [3.05, 3.63) is 36.2 Å². The molecule has 2 heterocycles. The highest BCUT2D eigenvalue weighted by atomic mass is 32.2. The van der Waals surface area contributed by atoms with Crippen LogP contribution in [0.3, 0.4) is 0 Å². The average molecular weight is 273 g/mol. The second-order valence-electron chi connectivity index (χ2n) is 3.67. The van der Waals surface area contributed by atoms with Gasteiger partial charge in [0, 0.05) is 18.5 Å².